The normalized spacial score (nSPS) is 21.7. The highest BCUT2D eigenvalue weighted by Gasteiger charge is 2.37. The van der Waals surface area contributed by atoms with Gasteiger partial charge >= 0.3 is 0 Å². The van der Waals surface area contributed by atoms with E-state index in [-0.39, 0.29) is 17.7 Å². The number of hydrogen-bond acceptors (Lipinski definition) is 5. The van der Waals surface area contributed by atoms with E-state index in [0.717, 1.165) is 39.3 Å². The summed E-state index contributed by atoms with van der Waals surface area (Å²) in [5.74, 6) is 0.0900. The van der Waals surface area contributed by atoms with Gasteiger partial charge in [0.05, 0.1) is 5.92 Å². The molecule has 1 atom stereocenters. The molecule has 7 nitrogen and oxygen atoms in total. The molecule has 0 saturated carbocycles. The molecule has 0 radical (unpaired) electrons. The molecule has 3 heterocycles. The maximum Gasteiger partial charge on any atom is 0.228 e. The molecule has 26 heavy (non-hydrogen) atoms. The van der Waals surface area contributed by atoms with Crippen molar-refractivity contribution in [3.8, 4) is 0 Å². The molecule has 2 amide bonds. The molecular formula is C19H29N5O2. The summed E-state index contributed by atoms with van der Waals surface area (Å²) in [6.07, 6.45) is 3.99. The smallest absolute Gasteiger partial charge is 0.228 e. The quantitative estimate of drug-likeness (QED) is 0.723. The van der Waals surface area contributed by atoms with E-state index >= 15 is 0 Å². The van der Waals surface area contributed by atoms with Crippen LogP contribution in [0.15, 0.2) is 24.5 Å². The van der Waals surface area contributed by atoms with Crippen molar-refractivity contribution < 1.29 is 9.59 Å². The Morgan fingerprint density at radius 2 is 1.88 bits per heavy atom. The van der Waals surface area contributed by atoms with Gasteiger partial charge in [0.25, 0.3) is 0 Å². The fourth-order valence-electron chi connectivity index (χ4n) is 3.61. The highest BCUT2D eigenvalue weighted by molar-refractivity contribution is 5.89. The van der Waals surface area contributed by atoms with E-state index in [1.165, 1.54) is 5.56 Å². The summed E-state index contributed by atoms with van der Waals surface area (Å²) in [5.41, 5.74) is 1.25. The zero-order valence-corrected chi connectivity index (χ0v) is 15.8. The van der Waals surface area contributed by atoms with Crippen LogP contribution in [0.2, 0.25) is 0 Å². The highest BCUT2D eigenvalue weighted by Crippen LogP contribution is 2.21. The number of carbonyl (C=O) groups is 2. The van der Waals surface area contributed by atoms with Gasteiger partial charge in [0.2, 0.25) is 11.8 Å². The van der Waals surface area contributed by atoms with Gasteiger partial charge in [0.15, 0.2) is 0 Å². The third kappa shape index (κ3) is 4.80. The van der Waals surface area contributed by atoms with Gasteiger partial charge in [-0.25, -0.2) is 0 Å². The molecule has 2 saturated heterocycles. The first-order valence-electron chi connectivity index (χ1n) is 9.35. The number of hydrogen-bond donors (Lipinski definition) is 0. The average Bonchev–Trinajstić information content (AvgIpc) is 3.02. The number of rotatable bonds is 6. The fourth-order valence-corrected chi connectivity index (χ4v) is 3.61. The van der Waals surface area contributed by atoms with Crippen LogP contribution in [0, 0.1) is 5.92 Å². The van der Waals surface area contributed by atoms with Crippen LogP contribution in [0.3, 0.4) is 0 Å². The van der Waals surface area contributed by atoms with Gasteiger partial charge in [-0.3, -0.25) is 19.5 Å². The maximum atomic E-state index is 12.8. The standard InChI is InChI=1S/C19H29N5O2/c1-21(2)7-10-24-15-17(13-18(24)25)19(26)23-11-8-22(9-12-23)14-16-3-5-20-6-4-16/h3-6,17H,7-15H2,1-2H3/t17-/m0/s1. The monoisotopic (exact) mass is 359 g/mol. The van der Waals surface area contributed by atoms with Crippen molar-refractivity contribution >= 4 is 11.8 Å². The summed E-state index contributed by atoms with van der Waals surface area (Å²) in [5, 5.41) is 0. The van der Waals surface area contributed by atoms with E-state index in [2.05, 4.69) is 14.8 Å². The average molecular weight is 359 g/mol. The molecule has 7 heteroatoms. The third-order valence-corrected chi connectivity index (χ3v) is 5.22. The van der Waals surface area contributed by atoms with Gasteiger partial charge in [0.1, 0.15) is 0 Å². The first-order chi connectivity index (χ1) is 12.5. The first kappa shape index (κ1) is 18.8. The van der Waals surface area contributed by atoms with E-state index in [4.69, 9.17) is 0 Å². The highest BCUT2D eigenvalue weighted by atomic mass is 16.2. The lowest BCUT2D eigenvalue weighted by Gasteiger charge is -2.35. The Morgan fingerprint density at radius 1 is 1.19 bits per heavy atom. The minimum Gasteiger partial charge on any atom is -0.341 e. The molecule has 2 aliphatic rings. The SMILES string of the molecule is CN(C)CCN1C[C@@H](C(=O)N2CCN(Cc3ccncc3)CC2)CC1=O. The van der Waals surface area contributed by atoms with Gasteiger partial charge in [-0.2, -0.15) is 0 Å². The molecular weight excluding hydrogens is 330 g/mol. The Morgan fingerprint density at radius 3 is 2.54 bits per heavy atom. The predicted molar refractivity (Wildman–Crippen MR) is 99.3 cm³/mol. The van der Waals surface area contributed by atoms with Gasteiger partial charge in [-0.1, -0.05) is 0 Å². The Kier molecular flexibility index (Phi) is 6.21. The van der Waals surface area contributed by atoms with Gasteiger partial charge in [0, 0.05) is 71.2 Å². The number of aromatic nitrogens is 1. The lowest BCUT2D eigenvalue weighted by molar-refractivity contribution is -0.137. The number of likely N-dealkylation sites (N-methyl/N-ethyl adjacent to an activating group) is 1. The van der Waals surface area contributed by atoms with Crippen molar-refractivity contribution in [1.82, 2.24) is 24.6 Å². The number of amides is 2. The van der Waals surface area contributed by atoms with Crippen molar-refractivity contribution in [2.45, 2.75) is 13.0 Å². The first-order valence-corrected chi connectivity index (χ1v) is 9.35. The Bertz CT molecular complexity index is 614. The zero-order valence-electron chi connectivity index (χ0n) is 15.8. The topological polar surface area (TPSA) is 60.0 Å². The second-order valence-electron chi connectivity index (χ2n) is 7.50. The van der Waals surface area contributed by atoms with Gasteiger partial charge in [-0.15, -0.1) is 0 Å². The Hall–Kier alpha value is -1.99. The fraction of sp³-hybridized carbons (Fsp3) is 0.632. The Labute approximate surface area is 155 Å². The van der Waals surface area contributed by atoms with Crippen LogP contribution in [-0.4, -0.2) is 96.3 Å². The van der Waals surface area contributed by atoms with E-state index in [9.17, 15) is 9.59 Å². The predicted octanol–water partition coefficient (Wildman–Crippen LogP) is 0.136. The van der Waals surface area contributed by atoms with Gasteiger partial charge < -0.3 is 14.7 Å². The molecule has 1 aromatic heterocycles. The summed E-state index contributed by atoms with van der Waals surface area (Å²) in [6, 6.07) is 4.06. The van der Waals surface area contributed by atoms with Crippen LogP contribution in [0.5, 0.6) is 0 Å². The van der Waals surface area contributed by atoms with Crippen molar-refractivity contribution in [3.63, 3.8) is 0 Å². The molecule has 142 valence electrons. The largest absolute Gasteiger partial charge is 0.341 e. The number of carbonyl (C=O) groups excluding carboxylic acids is 2. The van der Waals surface area contributed by atoms with Crippen LogP contribution >= 0.6 is 0 Å². The van der Waals surface area contributed by atoms with E-state index < -0.39 is 0 Å². The molecule has 1 aromatic rings. The Balaban J connectivity index is 1.46. The summed E-state index contributed by atoms with van der Waals surface area (Å²) < 4.78 is 0. The maximum absolute atomic E-state index is 12.8. The summed E-state index contributed by atoms with van der Waals surface area (Å²) in [6.45, 7) is 6.24. The van der Waals surface area contributed by atoms with Crippen molar-refractivity contribution in [2.24, 2.45) is 5.92 Å². The third-order valence-electron chi connectivity index (χ3n) is 5.22. The lowest BCUT2D eigenvalue weighted by atomic mass is 10.1. The van der Waals surface area contributed by atoms with Crippen LogP contribution in [0.1, 0.15) is 12.0 Å². The van der Waals surface area contributed by atoms with E-state index in [0.29, 0.717) is 19.5 Å². The molecule has 3 rings (SSSR count). The number of pyridine rings is 1. The van der Waals surface area contributed by atoms with Crippen LogP contribution in [0.25, 0.3) is 0 Å². The van der Waals surface area contributed by atoms with Crippen molar-refractivity contribution in [1.29, 1.82) is 0 Å². The minimum absolute atomic E-state index is 0.113. The molecule has 0 N–H and O–H groups in total. The summed E-state index contributed by atoms with van der Waals surface area (Å²) >= 11 is 0. The molecule has 0 bridgehead atoms. The van der Waals surface area contributed by atoms with E-state index in [1.807, 2.05) is 48.4 Å². The van der Waals surface area contributed by atoms with Crippen molar-refractivity contribution in [3.05, 3.63) is 30.1 Å². The van der Waals surface area contributed by atoms with Crippen LogP contribution < -0.4 is 0 Å². The molecule has 0 aromatic carbocycles. The van der Waals surface area contributed by atoms with E-state index in [1.54, 1.807) is 0 Å². The molecule has 0 unspecified atom stereocenters. The molecule has 2 fully saturated rings. The van der Waals surface area contributed by atoms with Crippen LogP contribution in [-0.2, 0) is 16.1 Å². The number of likely N-dealkylation sites (tertiary alicyclic amines) is 1. The lowest BCUT2D eigenvalue weighted by Crippen LogP contribution is -2.50. The minimum atomic E-state index is -0.170. The molecule has 2 aliphatic heterocycles. The molecule has 0 spiro atoms. The molecule has 0 aliphatic carbocycles. The summed E-state index contributed by atoms with van der Waals surface area (Å²) in [4.78, 5) is 37.2. The summed E-state index contributed by atoms with van der Waals surface area (Å²) in [7, 11) is 3.99. The second kappa shape index (κ2) is 8.60. The zero-order chi connectivity index (χ0) is 18.5. The number of piperazine rings is 1. The number of nitrogens with zero attached hydrogens (tertiary/aromatic N) is 5. The van der Waals surface area contributed by atoms with Crippen molar-refractivity contribution in [2.75, 3.05) is 59.9 Å². The van der Waals surface area contributed by atoms with Crippen LogP contribution in [0.4, 0.5) is 0 Å². The van der Waals surface area contributed by atoms with Gasteiger partial charge in [-0.05, 0) is 31.8 Å². The second-order valence-corrected chi connectivity index (χ2v) is 7.50.